The largest absolute Gasteiger partial charge is 0.396 e. The Bertz CT molecular complexity index is 286. The molecule has 0 saturated carbocycles. The molecule has 96 valence electrons. The van der Waals surface area contributed by atoms with Crippen LogP contribution in [0.25, 0.3) is 0 Å². The molecule has 17 heavy (non-hydrogen) atoms. The Morgan fingerprint density at radius 3 is 2.76 bits per heavy atom. The molecule has 0 bridgehead atoms. The quantitative estimate of drug-likeness (QED) is 0.725. The second-order valence-corrected chi connectivity index (χ2v) is 4.43. The molecule has 2 unspecified atom stereocenters. The average molecular weight is 237 g/mol. The van der Waals surface area contributed by atoms with E-state index in [9.17, 15) is 0 Å². The van der Waals surface area contributed by atoms with Gasteiger partial charge in [-0.2, -0.15) is 0 Å². The molecule has 0 amide bonds. The first kappa shape index (κ1) is 14.1. The maximum absolute atomic E-state index is 9.00. The zero-order chi connectivity index (χ0) is 12.5. The summed E-state index contributed by atoms with van der Waals surface area (Å²) in [7, 11) is 0. The Kier molecular flexibility index (Phi) is 6.74. The van der Waals surface area contributed by atoms with E-state index in [1.54, 1.807) is 18.6 Å². The van der Waals surface area contributed by atoms with E-state index in [1.165, 1.54) is 0 Å². The number of aliphatic hydroxyl groups excluding tert-OH is 1. The minimum Gasteiger partial charge on any atom is -0.396 e. The highest BCUT2D eigenvalue weighted by Gasteiger charge is 2.11. The topological polar surface area (TPSA) is 58.0 Å². The van der Waals surface area contributed by atoms with Crippen LogP contribution in [0.3, 0.4) is 0 Å². The lowest BCUT2D eigenvalue weighted by Gasteiger charge is -2.19. The van der Waals surface area contributed by atoms with Gasteiger partial charge in [-0.15, -0.1) is 0 Å². The summed E-state index contributed by atoms with van der Waals surface area (Å²) in [6, 6.07) is 0.210. The molecule has 1 rings (SSSR count). The van der Waals surface area contributed by atoms with Crippen molar-refractivity contribution < 1.29 is 5.11 Å². The highest BCUT2D eigenvalue weighted by molar-refractivity contribution is 5.00. The van der Waals surface area contributed by atoms with E-state index in [0.29, 0.717) is 5.92 Å². The van der Waals surface area contributed by atoms with Crippen LogP contribution in [0.1, 0.15) is 44.8 Å². The molecule has 0 aromatic carbocycles. The molecule has 2 atom stereocenters. The van der Waals surface area contributed by atoms with Gasteiger partial charge in [0, 0.05) is 31.2 Å². The molecule has 0 aliphatic carbocycles. The van der Waals surface area contributed by atoms with Gasteiger partial charge in [-0.25, -0.2) is 0 Å². The zero-order valence-corrected chi connectivity index (χ0v) is 10.8. The molecule has 2 N–H and O–H groups in total. The summed E-state index contributed by atoms with van der Waals surface area (Å²) in [6.07, 6.45) is 8.37. The Labute approximate surface area is 103 Å². The normalized spacial score (nSPS) is 14.5. The molecular formula is C13H23N3O. The number of hydrogen-bond donors (Lipinski definition) is 2. The van der Waals surface area contributed by atoms with E-state index >= 15 is 0 Å². The van der Waals surface area contributed by atoms with Gasteiger partial charge in [0.1, 0.15) is 0 Å². The van der Waals surface area contributed by atoms with Gasteiger partial charge in [-0.1, -0.05) is 13.3 Å². The number of nitrogens with zero attached hydrogens (tertiary/aromatic N) is 2. The molecule has 0 aliphatic heterocycles. The van der Waals surface area contributed by atoms with E-state index in [2.05, 4.69) is 29.1 Å². The lowest BCUT2D eigenvalue weighted by molar-refractivity contribution is 0.245. The van der Waals surface area contributed by atoms with Gasteiger partial charge in [0.05, 0.1) is 5.69 Å². The predicted octanol–water partition coefficient (Wildman–Crippen LogP) is 1.93. The summed E-state index contributed by atoms with van der Waals surface area (Å²) in [5, 5.41) is 12.5. The Balaban J connectivity index is 2.38. The standard InChI is InChI=1S/C13H23N3O/c1-3-4-12(5-8-17)9-16-11(2)13-10-14-6-7-15-13/h6-7,10-12,16-17H,3-5,8-9H2,1-2H3. The number of rotatable bonds is 8. The van der Waals surface area contributed by atoms with Crippen LogP contribution in [0.2, 0.25) is 0 Å². The summed E-state index contributed by atoms with van der Waals surface area (Å²) in [6.45, 7) is 5.46. The van der Waals surface area contributed by atoms with Crippen LogP contribution in [-0.4, -0.2) is 28.2 Å². The van der Waals surface area contributed by atoms with Crippen LogP contribution in [0, 0.1) is 5.92 Å². The smallest absolute Gasteiger partial charge is 0.0753 e. The Hall–Kier alpha value is -1.00. The number of nitrogens with one attached hydrogen (secondary N) is 1. The van der Waals surface area contributed by atoms with Crippen LogP contribution in [-0.2, 0) is 0 Å². The van der Waals surface area contributed by atoms with Gasteiger partial charge in [0.2, 0.25) is 0 Å². The lowest BCUT2D eigenvalue weighted by atomic mass is 10.00. The highest BCUT2D eigenvalue weighted by Crippen LogP contribution is 2.12. The number of hydrogen-bond acceptors (Lipinski definition) is 4. The second kappa shape index (κ2) is 8.14. The fourth-order valence-corrected chi connectivity index (χ4v) is 1.92. The van der Waals surface area contributed by atoms with Crippen molar-refractivity contribution in [2.45, 2.75) is 39.2 Å². The van der Waals surface area contributed by atoms with Crippen molar-refractivity contribution in [3.63, 3.8) is 0 Å². The van der Waals surface area contributed by atoms with Crippen LogP contribution >= 0.6 is 0 Å². The van der Waals surface area contributed by atoms with Gasteiger partial charge in [0.15, 0.2) is 0 Å². The van der Waals surface area contributed by atoms with Crippen molar-refractivity contribution in [3.05, 3.63) is 24.3 Å². The van der Waals surface area contributed by atoms with Gasteiger partial charge in [0.25, 0.3) is 0 Å². The Morgan fingerprint density at radius 1 is 1.35 bits per heavy atom. The third-order valence-corrected chi connectivity index (χ3v) is 2.97. The fourth-order valence-electron chi connectivity index (χ4n) is 1.92. The van der Waals surface area contributed by atoms with Gasteiger partial charge >= 0.3 is 0 Å². The zero-order valence-electron chi connectivity index (χ0n) is 10.8. The van der Waals surface area contributed by atoms with E-state index in [1.807, 2.05) is 0 Å². The van der Waals surface area contributed by atoms with Crippen LogP contribution in [0.5, 0.6) is 0 Å². The van der Waals surface area contributed by atoms with Crippen molar-refractivity contribution in [2.75, 3.05) is 13.2 Å². The molecule has 1 aromatic rings. The molecule has 0 aliphatic rings. The van der Waals surface area contributed by atoms with Crippen molar-refractivity contribution in [1.82, 2.24) is 15.3 Å². The first-order valence-corrected chi connectivity index (χ1v) is 6.38. The summed E-state index contributed by atoms with van der Waals surface area (Å²) >= 11 is 0. The van der Waals surface area contributed by atoms with Crippen molar-refractivity contribution in [3.8, 4) is 0 Å². The molecule has 0 radical (unpaired) electrons. The minimum absolute atomic E-state index is 0.210. The monoisotopic (exact) mass is 237 g/mol. The summed E-state index contributed by atoms with van der Waals surface area (Å²) in [5.41, 5.74) is 0.965. The summed E-state index contributed by atoms with van der Waals surface area (Å²) in [4.78, 5) is 8.34. The van der Waals surface area contributed by atoms with E-state index in [0.717, 1.165) is 31.5 Å². The maximum Gasteiger partial charge on any atom is 0.0753 e. The lowest BCUT2D eigenvalue weighted by Crippen LogP contribution is -2.27. The molecule has 1 aromatic heterocycles. The van der Waals surface area contributed by atoms with E-state index in [-0.39, 0.29) is 12.6 Å². The number of aliphatic hydroxyl groups is 1. The first-order valence-electron chi connectivity index (χ1n) is 6.38. The van der Waals surface area contributed by atoms with Gasteiger partial charge in [-0.3, -0.25) is 9.97 Å². The van der Waals surface area contributed by atoms with Crippen molar-refractivity contribution in [2.24, 2.45) is 5.92 Å². The third-order valence-electron chi connectivity index (χ3n) is 2.97. The molecule has 0 spiro atoms. The Morgan fingerprint density at radius 2 is 2.18 bits per heavy atom. The van der Waals surface area contributed by atoms with Crippen molar-refractivity contribution in [1.29, 1.82) is 0 Å². The van der Waals surface area contributed by atoms with Crippen LogP contribution in [0.15, 0.2) is 18.6 Å². The molecule has 4 nitrogen and oxygen atoms in total. The van der Waals surface area contributed by atoms with Gasteiger partial charge in [-0.05, 0) is 32.2 Å². The van der Waals surface area contributed by atoms with Crippen molar-refractivity contribution >= 4 is 0 Å². The first-order chi connectivity index (χ1) is 8.27. The molecule has 1 heterocycles. The van der Waals surface area contributed by atoms with E-state index < -0.39 is 0 Å². The van der Waals surface area contributed by atoms with Crippen LogP contribution in [0.4, 0.5) is 0 Å². The second-order valence-electron chi connectivity index (χ2n) is 4.43. The van der Waals surface area contributed by atoms with Gasteiger partial charge < -0.3 is 10.4 Å². The fraction of sp³-hybridized carbons (Fsp3) is 0.692. The minimum atomic E-state index is 0.210. The van der Waals surface area contributed by atoms with Crippen LogP contribution < -0.4 is 5.32 Å². The number of aromatic nitrogens is 2. The molecule has 0 saturated heterocycles. The summed E-state index contributed by atoms with van der Waals surface area (Å²) in [5.74, 6) is 0.545. The molecular weight excluding hydrogens is 214 g/mol. The maximum atomic E-state index is 9.00. The molecule has 4 heteroatoms. The third kappa shape index (κ3) is 5.24. The molecule has 0 fully saturated rings. The highest BCUT2D eigenvalue weighted by atomic mass is 16.3. The predicted molar refractivity (Wildman–Crippen MR) is 68.6 cm³/mol. The van der Waals surface area contributed by atoms with E-state index in [4.69, 9.17) is 5.11 Å². The SMILES string of the molecule is CCCC(CCO)CNC(C)c1cnccn1. The summed E-state index contributed by atoms with van der Waals surface area (Å²) < 4.78 is 0. The average Bonchev–Trinajstić information content (AvgIpc) is 2.37.